The van der Waals surface area contributed by atoms with Gasteiger partial charge in [0, 0.05) is 6.42 Å². The number of hydrogen-bond donors (Lipinski definition) is 2. The predicted molar refractivity (Wildman–Crippen MR) is 104 cm³/mol. The number of unbranched alkanes of at least 4 members (excludes halogenated alkanes) is 3. The maximum atomic E-state index is 13.0. The number of carbonyl (C=O) groups is 5. The molecule has 30 heavy (non-hydrogen) atoms. The molecule has 1 saturated heterocycles. The molecule has 0 saturated carbocycles. The molecule has 4 amide bonds. The molecule has 2 atom stereocenters. The summed E-state index contributed by atoms with van der Waals surface area (Å²) in [5, 5.41) is 11.6. The number of aliphatic carboxylic acids is 1. The van der Waals surface area contributed by atoms with Crippen molar-refractivity contribution in [2.24, 2.45) is 0 Å². The molecule has 1 aromatic rings. The molecule has 1 fully saturated rings. The van der Waals surface area contributed by atoms with Crippen LogP contribution in [0.15, 0.2) is 18.2 Å². The minimum Gasteiger partial charge on any atom is -0.479 e. The second-order valence-electron chi connectivity index (χ2n) is 7.42. The highest BCUT2D eigenvalue weighted by molar-refractivity contribution is 6.24. The standard InChI is InChI=1S/C21H24N2O7/c1-2-3-4-5-8-15(21(28)29)30-14-9-6-7-12-17(14)20(27)23(19(12)26)13-10-11-16(24)22-18(13)25/h6-7,9,13,15H,2-5,8,10-11H2,1H3,(H,28,29)(H,22,24,25). The minimum absolute atomic E-state index is 0.00327. The number of imide groups is 2. The van der Waals surface area contributed by atoms with E-state index in [-0.39, 0.29) is 36.1 Å². The van der Waals surface area contributed by atoms with E-state index in [1.165, 1.54) is 18.2 Å². The molecule has 160 valence electrons. The molecule has 2 N–H and O–H groups in total. The number of hydrogen-bond acceptors (Lipinski definition) is 6. The van der Waals surface area contributed by atoms with Gasteiger partial charge in [0.05, 0.1) is 11.1 Å². The van der Waals surface area contributed by atoms with Gasteiger partial charge in [-0.3, -0.25) is 29.4 Å². The van der Waals surface area contributed by atoms with E-state index in [1.54, 1.807) is 0 Å². The molecule has 0 aliphatic carbocycles. The van der Waals surface area contributed by atoms with Gasteiger partial charge in [-0.15, -0.1) is 0 Å². The number of nitrogens with zero attached hydrogens (tertiary/aromatic N) is 1. The van der Waals surface area contributed by atoms with Crippen molar-refractivity contribution in [3.8, 4) is 5.75 Å². The van der Waals surface area contributed by atoms with Crippen molar-refractivity contribution in [2.45, 2.75) is 64.0 Å². The first kappa shape index (κ1) is 21.5. The molecule has 0 spiro atoms. The molecule has 2 aliphatic heterocycles. The van der Waals surface area contributed by atoms with Gasteiger partial charge in [-0.1, -0.05) is 32.3 Å². The van der Waals surface area contributed by atoms with Gasteiger partial charge >= 0.3 is 5.97 Å². The first-order valence-corrected chi connectivity index (χ1v) is 10.1. The Morgan fingerprint density at radius 2 is 1.97 bits per heavy atom. The van der Waals surface area contributed by atoms with Crippen LogP contribution in [-0.4, -0.2) is 51.8 Å². The zero-order chi connectivity index (χ0) is 21.8. The number of carboxylic acids is 1. The maximum Gasteiger partial charge on any atom is 0.344 e. The van der Waals surface area contributed by atoms with Crippen LogP contribution in [0.5, 0.6) is 5.75 Å². The number of carboxylic acid groups (broad SMARTS) is 1. The zero-order valence-corrected chi connectivity index (χ0v) is 16.7. The fourth-order valence-electron chi connectivity index (χ4n) is 3.72. The number of carbonyl (C=O) groups excluding carboxylic acids is 4. The first-order valence-electron chi connectivity index (χ1n) is 10.1. The van der Waals surface area contributed by atoms with Gasteiger partial charge < -0.3 is 9.84 Å². The SMILES string of the molecule is CCCCCCC(Oc1cccc2c1C(=O)N(C1CCC(=O)NC1=O)C2=O)C(=O)O. The Morgan fingerprint density at radius 1 is 1.20 bits per heavy atom. The summed E-state index contributed by atoms with van der Waals surface area (Å²) in [5.41, 5.74) is 0.00401. The van der Waals surface area contributed by atoms with E-state index in [9.17, 15) is 29.1 Å². The van der Waals surface area contributed by atoms with Gasteiger partial charge in [-0.05, 0) is 31.4 Å². The third kappa shape index (κ3) is 4.19. The summed E-state index contributed by atoms with van der Waals surface area (Å²) in [7, 11) is 0. The van der Waals surface area contributed by atoms with Crippen molar-refractivity contribution >= 4 is 29.6 Å². The highest BCUT2D eigenvalue weighted by atomic mass is 16.5. The average molecular weight is 416 g/mol. The van der Waals surface area contributed by atoms with Gasteiger partial charge in [0.25, 0.3) is 11.8 Å². The summed E-state index contributed by atoms with van der Waals surface area (Å²) in [6.07, 6.45) is 2.72. The van der Waals surface area contributed by atoms with Crippen LogP contribution in [0.3, 0.4) is 0 Å². The van der Waals surface area contributed by atoms with Crippen LogP contribution < -0.4 is 10.1 Å². The lowest BCUT2D eigenvalue weighted by Gasteiger charge is -2.27. The van der Waals surface area contributed by atoms with Crippen molar-refractivity contribution in [2.75, 3.05) is 0 Å². The van der Waals surface area contributed by atoms with E-state index in [2.05, 4.69) is 12.2 Å². The summed E-state index contributed by atoms with van der Waals surface area (Å²) in [6.45, 7) is 2.05. The van der Waals surface area contributed by atoms with Crippen LogP contribution in [0.1, 0.15) is 72.6 Å². The van der Waals surface area contributed by atoms with Crippen molar-refractivity contribution in [3.05, 3.63) is 29.3 Å². The number of rotatable bonds is 9. The average Bonchev–Trinajstić information content (AvgIpc) is 2.96. The summed E-state index contributed by atoms with van der Waals surface area (Å²) < 4.78 is 5.64. The second-order valence-corrected chi connectivity index (χ2v) is 7.42. The molecule has 0 bridgehead atoms. The minimum atomic E-state index is -1.15. The van der Waals surface area contributed by atoms with Crippen LogP contribution in [0.4, 0.5) is 0 Å². The van der Waals surface area contributed by atoms with Crippen LogP contribution >= 0.6 is 0 Å². The Hall–Kier alpha value is -3.23. The Kier molecular flexibility index (Phi) is 6.49. The van der Waals surface area contributed by atoms with E-state index < -0.39 is 41.7 Å². The normalized spacial score (nSPS) is 19.5. The quantitative estimate of drug-likeness (QED) is 0.464. The number of ether oxygens (including phenoxy) is 1. The molecular weight excluding hydrogens is 392 g/mol. The molecule has 0 radical (unpaired) electrons. The van der Waals surface area contributed by atoms with Gasteiger partial charge in [0.1, 0.15) is 11.8 Å². The third-order valence-electron chi connectivity index (χ3n) is 5.29. The number of amides is 4. The predicted octanol–water partition coefficient (Wildman–Crippen LogP) is 1.89. The van der Waals surface area contributed by atoms with Crippen molar-refractivity contribution in [3.63, 3.8) is 0 Å². The third-order valence-corrected chi connectivity index (χ3v) is 5.29. The summed E-state index contributed by atoms with van der Waals surface area (Å²) in [4.78, 5) is 61.8. The van der Waals surface area contributed by atoms with Crippen LogP contribution in [-0.2, 0) is 14.4 Å². The van der Waals surface area contributed by atoms with Gasteiger partial charge in [-0.25, -0.2) is 4.79 Å². The monoisotopic (exact) mass is 416 g/mol. The number of benzene rings is 1. The van der Waals surface area contributed by atoms with Crippen LogP contribution in [0.25, 0.3) is 0 Å². The lowest BCUT2D eigenvalue weighted by Crippen LogP contribution is -2.54. The Labute approximate surface area is 173 Å². The zero-order valence-electron chi connectivity index (χ0n) is 16.7. The van der Waals surface area contributed by atoms with Gasteiger partial charge in [0.2, 0.25) is 11.8 Å². The van der Waals surface area contributed by atoms with Crippen molar-refractivity contribution in [1.82, 2.24) is 10.2 Å². The molecule has 2 unspecified atom stereocenters. The Morgan fingerprint density at radius 3 is 2.63 bits per heavy atom. The van der Waals surface area contributed by atoms with Gasteiger partial charge in [-0.2, -0.15) is 0 Å². The summed E-state index contributed by atoms with van der Waals surface area (Å²) in [5.74, 6) is -3.70. The van der Waals surface area contributed by atoms with Gasteiger partial charge in [0.15, 0.2) is 6.10 Å². The van der Waals surface area contributed by atoms with E-state index in [0.717, 1.165) is 24.2 Å². The summed E-state index contributed by atoms with van der Waals surface area (Å²) in [6, 6.07) is 3.29. The Bertz CT molecular complexity index is 895. The van der Waals surface area contributed by atoms with Crippen LogP contribution in [0, 0.1) is 0 Å². The molecule has 9 heteroatoms. The van der Waals surface area contributed by atoms with Crippen molar-refractivity contribution < 1.29 is 33.8 Å². The van der Waals surface area contributed by atoms with E-state index in [4.69, 9.17) is 4.74 Å². The fourth-order valence-corrected chi connectivity index (χ4v) is 3.72. The van der Waals surface area contributed by atoms with Crippen LogP contribution in [0.2, 0.25) is 0 Å². The highest BCUT2D eigenvalue weighted by Crippen LogP contribution is 2.34. The maximum absolute atomic E-state index is 13.0. The topological polar surface area (TPSA) is 130 Å². The van der Waals surface area contributed by atoms with E-state index in [1.807, 2.05) is 0 Å². The molecule has 9 nitrogen and oxygen atoms in total. The molecule has 3 rings (SSSR count). The van der Waals surface area contributed by atoms with E-state index >= 15 is 0 Å². The summed E-state index contributed by atoms with van der Waals surface area (Å²) >= 11 is 0. The largest absolute Gasteiger partial charge is 0.479 e. The molecule has 0 aromatic heterocycles. The lowest BCUT2D eigenvalue weighted by atomic mass is 10.0. The second kappa shape index (κ2) is 9.06. The molecule has 1 aromatic carbocycles. The number of nitrogens with one attached hydrogen (secondary N) is 1. The highest BCUT2D eigenvalue weighted by Gasteiger charge is 2.46. The van der Waals surface area contributed by atoms with Crippen molar-refractivity contribution in [1.29, 1.82) is 0 Å². The number of piperidine rings is 1. The fraction of sp³-hybridized carbons (Fsp3) is 0.476. The Balaban J connectivity index is 1.83. The van der Waals surface area contributed by atoms with E-state index in [0.29, 0.717) is 6.42 Å². The number of fused-ring (bicyclic) bond motifs is 1. The molecular formula is C21H24N2O7. The first-order chi connectivity index (χ1) is 14.3. The molecule has 2 heterocycles. The molecule has 2 aliphatic rings. The lowest BCUT2D eigenvalue weighted by molar-refractivity contribution is -0.145. The smallest absolute Gasteiger partial charge is 0.344 e.